The lowest BCUT2D eigenvalue weighted by Gasteiger charge is -2.31. The number of rotatable bonds is 1. The first kappa shape index (κ1) is 10.6. The van der Waals surface area contributed by atoms with Crippen molar-refractivity contribution in [2.45, 2.75) is 0 Å². The zero-order valence-electron chi connectivity index (χ0n) is 9.05. The Kier molecular flexibility index (Phi) is 2.84. The number of piperazine rings is 1. The number of hydrogen-bond donors (Lipinski definition) is 0. The lowest BCUT2D eigenvalue weighted by molar-refractivity contribution is -0.120. The molecule has 0 aromatic carbocycles. The minimum atomic E-state index is 0.0244. The van der Waals surface area contributed by atoms with Gasteiger partial charge in [-0.25, -0.2) is 4.98 Å². The summed E-state index contributed by atoms with van der Waals surface area (Å²) in [6.07, 6.45) is 1.56. The number of hydrogen-bond acceptors (Lipinski definition) is 4. The van der Waals surface area contributed by atoms with Crippen molar-refractivity contribution in [1.29, 1.82) is 5.26 Å². The Morgan fingerprint density at radius 2 is 2.31 bits per heavy atom. The van der Waals surface area contributed by atoms with Crippen LogP contribution < -0.4 is 4.90 Å². The first-order chi connectivity index (χ1) is 7.70. The van der Waals surface area contributed by atoms with Crippen LogP contribution in [0.3, 0.4) is 0 Å². The van der Waals surface area contributed by atoms with Gasteiger partial charge in [0.1, 0.15) is 5.82 Å². The van der Waals surface area contributed by atoms with Crippen LogP contribution in [-0.4, -0.2) is 42.5 Å². The van der Waals surface area contributed by atoms with Crippen LogP contribution in [0.2, 0.25) is 0 Å². The highest BCUT2D eigenvalue weighted by molar-refractivity contribution is 5.94. The van der Waals surface area contributed by atoms with E-state index in [2.05, 4.69) is 4.98 Å². The smallest absolute Gasteiger partial charge is 0.242 e. The highest BCUT2D eigenvalue weighted by Crippen LogP contribution is 2.14. The number of aromatic nitrogens is 1. The zero-order valence-corrected chi connectivity index (χ0v) is 9.05. The first-order valence-electron chi connectivity index (χ1n) is 5.06. The molecule has 0 radical (unpaired) electrons. The molecule has 1 amide bonds. The molecule has 16 heavy (non-hydrogen) atoms. The highest BCUT2D eigenvalue weighted by Gasteiger charge is 2.23. The maximum Gasteiger partial charge on any atom is 0.242 e. The Bertz CT molecular complexity index is 452. The maximum atomic E-state index is 11.8. The van der Waals surface area contributed by atoms with Crippen molar-refractivity contribution < 1.29 is 4.79 Å². The third-order valence-corrected chi connectivity index (χ3v) is 2.56. The van der Waals surface area contributed by atoms with Gasteiger partial charge in [0.2, 0.25) is 5.91 Å². The van der Waals surface area contributed by atoms with Crippen LogP contribution in [0.5, 0.6) is 0 Å². The van der Waals surface area contributed by atoms with Gasteiger partial charge in [-0.05, 0) is 19.2 Å². The monoisotopic (exact) mass is 216 g/mol. The molecule has 1 saturated heterocycles. The summed E-state index contributed by atoms with van der Waals surface area (Å²) in [7, 11) is 1.91. The van der Waals surface area contributed by atoms with Gasteiger partial charge >= 0.3 is 0 Å². The van der Waals surface area contributed by atoms with E-state index in [1.165, 1.54) is 0 Å². The molecule has 5 nitrogen and oxygen atoms in total. The Balaban J connectivity index is 2.24. The number of nitrogens with zero attached hydrogens (tertiary/aromatic N) is 4. The van der Waals surface area contributed by atoms with Crippen molar-refractivity contribution in [3.8, 4) is 6.07 Å². The van der Waals surface area contributed by atoms with E-state index in [0.717, 1.165) is 6.54 Å². The van der Waals surface area contributed by atoms with Gasteiger partial charge in [-0.1, -0.05) is 0 Å². The summed E-state index contributed by atoms with van der Waals surface area (Å²) in [6, 6.07) is 5.31. The van der Waals surface area contributed by atoms with E-state index in [0.29, 0.717) is 24.5 Å². The zero-order chi connectivity index (χ0) is 11.5. The van der Waals surface area contributed by atoms with Gasteiger partial charge in [-0.3, -0.25) is 14.6 Å². The van der Waals surface area contributed by atoms with Crippen LogP contribution in [-0.2, 0) is 4.79 Å². The van der Waals surface area contributed by atoms with Gasteiger partial charge in [0.05, 0.1) is 18.2 Å². The van der Waals surface area contributed by atoms with E-state index in [1.807, 2.05) is 18.0 Å². The average Bonchev–Trinajstić information content (AvgIpc) is 2.29. The lowest BCUT2D eigenvalue weighted by Crippen LogP contribution is -2.49. The molecule has 1 aliphatic heterocycles. The van der Waals surface area contributed by atoms with Crippen LogP contribution in [0.4, 0.5) is 5.82 Å². The van der Waals surface area contributed by atoms with Gasteiger partial charge < -0.3 is 0 Å². The van der Waals surface area contributed by atoms with Crippen LogP contribution in [0, 0.1) is 11.3 Å². The summed E-state index contributed by atoms with van der Waals surface area (Å²) >= 11 is 0. The molecule has 1 fully saturated rings. The molecule has 0 spiro atoms. The Morgan fingerprint density at radius 1 is 1.50 bits per heavy atom. The molecule has 1 aromatic heterocycles. The predicted octanol–water partition coefficient (Wildman–Crippen LogP) is 0.232. The molecule has 0 N–H and O–H groups in total. The summed E-state index contributed by atoms with van der Waals surface area (Å²) in [5.74, 6) is 0.591. The second kappa shape index (κ2) is 4.29. The first-order valence-corrected chi connectivity index (χ1v) is 5.06. The number of anilines is 1. The molecular weight excluding hydrogens is 204 g/mol. The fourth-order valence-corrected chi connectivity index (χ4v) is 1.67. The predicted molar refractivity (Wildman–Crippen MR) is 58.8 cm³/mol. The van der Waals surface area contributed by atoms with Crippen molar-refractivity contribution in [1.82, 2.24) is 9.88 Å². The standard InChI is InChI=1S/C11H12N4O/c1-14-4-5-15(11(16)8-14)10-6-9(7-12)2-3-13-10/h2-3,6H,4-5,8H2,1H3. The fraction of sp³-hybridized carbons (Fsp3) is 0.364. The molecule has 0 aliphatic carbocycles. The van der Waals surface area contributed by atoms with Gasteiger partial charge in [0, 0.05) is 19.3 Å². The van der Waals surface area contributed by atoms with Crippen molar-refractivity contribution in [2.75, 3.05) is 31.6 Å². The molecule has 2 heterocycles. The molecule has 1 aromatic rings. The van der Waals surface area contributed by atoms with Gasteiger partial charge in [-0.15, -0.1) is 0 Å². The quantitative estimate of drug-likeness (QED) is 0.674. The number of likely N-dealkylation sites (N-methyl/N-ethyl adjacent to an activating group) is 1. The van der Waals surface area contributed by atoms with Crippen LogP contribution in [0.25, 0.3) is 0 Å². The molecule has 1 aliphatic rings. The van der Waals surface area contributed by atoms with E-state index in [9.17, 15) is 4.79 Å². The SMILES string of the molecule is CN1CCN(c2cc(C#N)ccn2)C(=O)C1. The lowest BCUT2D eigenvalue weighted by atomic mass is 10.2. The van der Waals surface area contributed by atoms with Crippen LogP contribution >= 0.6 is 0 Å². The van der Waals surface area contributed by atoms with E-state index >= 15 is 0 Å². The number of carbonyl (C=O) groups excluding carboxylic acids is 1. The van der Waals surface area contributed by atoms with E-state index in [4.69, 9.17) is 5.26 Å². The minimum absolute atomic E-state index is 0.0244. The number of carbonyl (C=O) groups is 1. The van der Waals surface area contributed by atoms with Crippen molar-refractivity contribution in [3.63, 3.8) is 0 Å². The number of nitriles is 1. The Hall–Kier alpha value is -1.93. The van der Waals surface area contributed by atoms with Crippen molar-refractivity contribution in [3.05, 3.63) is 23.9 Å². The topological polar surface area (TPSA) is 60.2 Å². The summed E-state index contributed by atoms with van der Waals surface area (Å²) in [5, 5.41) is 8.78. The van der Waals surface area contributed by atoms with Crippen molar-refractivity contribution in [2.24, 2.45) is 0 Å². The molecule has 0 bridgehead atoms. The molecule has 5 heteroatoms. The second-order valence-corrected chi connectivity index (χ2v) is 3.80. The van der Waals surface area contributed by atoms with E-state index in [1.54, 1.807) is 23.2 Å². The minimum Gasteiger partial charge on any atom is -0.296 e. The Labute approximate surface area is 93.9 Å². The van der Waals surface area contributed by atoms with Gasteiger partial charge in [-0.2, -0.15) is 5.26 Å². The Morgan fingerprint density at radius 3 is 3.00 bits per heavy atom. The molecule has 2 rings (SSSR count). The largest absolute Gasteiger partial charge is 0.296 e. The summed E-state index contributed by atoms with van der Waals surface area (Å²) in [6.45, 7) is 1.85. The molecule has 0 saturated carbocycles. The summed E-state index contributed by atoms with van der Waals surface area (Å²) < 4.78 is 0. The fourth-order valence-electron chi connectivity index (χ4n) is 1.67. The van der Waals surface area contributed by atoms with Crippen LogP contribution in [0.1, 0.15) is 5.56 Å². The molecule has 82 valence electrons. The summed E-state index contributed by atoms with van der Waals surface area (Å²) in [4.78, 5) is 19.5. The number of amides is 1. The van der Waals surface area contributed by atoms with Crippen LogP contribution in [0.15, 0.2) is 18.3 Å². The normalized spacial score (nSPS) is 17.2. The third kappa shape index (κ3) is 2.02. The van der Waals surface area contributed by atoms with Gasteiger partial charge in [0.15, 0.2) is 0 Å². The number of pyridine rings is 1. The molecule has 0 atom stereocenters. The average molecular weight is 216 g/mol. The van der Waals surface area contributed by atoms with Gasteiger partial charge in [0.25, 0.3) is 0 Å². The third-order valence-electron chi connectivity index (χ3n) is 2.56. The second-order valence-electron chi connectivity index (χ2n) is 3.80. The van der Waals surface area contributed by atoms with E-state index in [-0.39, 0.29) is 5.91 Å². The van der Waals surface area contributed by atoms with Crippen molar-refractivity contribution >= 4 is 11.7 Å². The highest BCUT2D eigenvalue weighted by atomic mass is 16.2. The molecular formula is C11H12N4O. The van der Waals surface area contributed by atoms with E-state index < -0.39 is 0 Å². The maximum absolute atomic E-state index is 11.8. The molecule has 0 unspecified atom stereocenters. The summed E-state index contributed by atoms with van der Waals surface area (Å²) in [5.41, 5.74) is 0.525.